The summed E-state index contributed by atoms with van der Waals surface area (Å²) in [5.74, 6) is -0.431. The number of aryl methyl sites for hydroxylation is 1. The fraction of sp³-hybridized carbons (Fsp3) is 0.500. The summed E-state index contributed by atoms with van der Waals surface area (Å²) in [7, 11) is 2.93. The van der Waals surface area contributed by atoms with Crippen LogP contribution in [0, 0.1) is 0 Å². The van der Waals surface area contributed by atoms with Gasteiger partial charge < -0.3 is 14.4 Å². The quantitative estimate of drug-likeness (QED) is 0.746. The smallest absolute Gasteiger partial charge is 0.328 e. The molecule has 2 rings (SSSR count). The number of rotatable bonds is 5. The van der Waals surface area contributed by atoms with Crippen LogP contribution in [0.1, 0.15) is 18.4 Å². The zero-order chi connectivity index (χ0) is 16.1. The molecule has 1 aliphatic rings. The first-order chi connectivity index (χ1) is 10.6. The van der Waals surface area contributed by atoms with E-state index in [1.807, 2.05) is 24.3 Å². The van der Waals surface area contributed by atoms with Gasteiger partial charge in [0.25, 0.3) is 0 Å². The maximum atomic E-state index is 12.5. The number of hydrogen-bond donors (Lipinski definition) is 0. The summed E-state index contributed by atoms with van der Waals surface area (Å²) >= 11 is 3.48. The Morgan fingerprint density at radius 2 is 2.05 bits per heavy atom. The molecular formula is C16H20BrNO4. The molecule has 1 aliphatic heterocycles. The van der Waals surface area contributed by atoms with Gasteiger partial charge in [-0.15, -0.1) is 0 Å². The molecule has 1 saturated heterocycles. The molecule has 1 fully saturated rings. The van der Waals surface area contributed by atoms with Gasteiger partial charge in [-0.3, -0.25) is 4.79 Å². The Kier molecular flexibility index (Phi) is 5.97. The zero-order valence-electron chi connectivity index (χ0n) is 12.8. The molecule has 0 spiro atoms. The highest BCUT2D eigenvalue weighted by Gasteiger charge is 2.40. The third-order valence-corrected chi connectivity index (χ3v) is 4.73. The molecule has 6 heteroatoms. The zero-order valence-corrected chi connectivity index (χ0v) is 14.3. The fourth-order valence-corrected chi connectivity index (χ4v) is 3.17. The highest BCUT2D eigenvalue weighted by Crippen LogP contribution is 2.23. The van der Waals surface area contributed by atoms with Gasteiger partial charge in [-0.1, -0.05) is 34.1 Å². The summed E-state index contributed by atoms with van der Waals surface area (Å²) in [4.78, 5) is 25.9. The average Bonchev–Trinajstić information content (AvgIpc) is 2.97. The Bertz CT molecular complexity index is 549. The van der Waals surface area contributed by atoms with Crippen molar-refractivity contribution in [1.29, 1.82) is 0 Å². The van der Waals surface area contributed by atoms with Crippen LogP contribution in [0.2, 0.25) is 0 Å². The number of likely N-dealkylation sites (tertiary alicyclic amines) is 1. The molecular weight excluding hydrogens is 350 g/mol. The topological polar surface area (TPSA) is 55.8 Å². The van der Waals surface area contributed by atoms with Gasteiger partial charge in [0.05, 0.1) is 13.2 Å². The summed E-state index contributed by atoms with van der Waals surface area (Å²) < 4.78 is 11.1. The summed E-state index contributed by atoms with van der Waals surface area (Å²) in [6, 6.07) is 7.28. The highest BCUT2D eigenvalue weighted by molar-refractivity contribution is 9.10. The molecule has 22 heavy (non-hydrogen) atoms. The van der Waals surface area contributed by atoms with E-state index >= 15 is 0 Å². The lowest BCUT2D eigenvalue weighted by molar-refractivity contribution is -0.150. The normalized spacial score (nSPS) is 21.0. The Morgan fingerprint density at radius 3 is 2.68 bits per heavy atom. The summed E-state index contributed by atoms with van der Waals surface area (Å²) in [5.41, 5.74) is 1.08. The van der Waals surface area contributed by atoms with Gasteiger partial charge in [0.15, 0.2) is 0 Å². The van der Waals surface area contributed by atoms with Crippen molar-refractivity contribution in [3.8, 4) is 0 Å². The molecule has 1 amide bonds. The van der Waals surface area contributed by atoms with Crippen molar-refractivity contribution in [1.82, 2.24) is 4.90 Å². The van der Waals surface area contributed by atoms with Crippen LogP contribution in [0.4, 0.5) is 0 Å². The van der Waals surface area contributed by atoms with E-state index in [9.17, 15) is 9.59 Å². The predicted molar refractivity (Wildman–Crippen MR) is 85.4 cm³/mol. The number of benzene rings is 1. The number of esters is 1. The van der Waals surface area contributed by atoms with E-state index in [4.69, 9.17) is 9.47 Å². The van der Waals surface area contributed by atoms with E-state index < -0.39 is 6.04 Å². The monoisotopic (exact) mass is 369 g/mol. The lowest BCUT2D eigenvalue weighted by atomic mass is 10.1. The van der Waals surface area contributed by atoms with E-state index in [1.54, 1.807) is 12.0 Å². The van der Waals surface area contributed by atoms with Gasteiger partial charge in [-0.2, -0.15) is 0 Å². The molecule has 0 aliphatic carbocycles. The van der Waals surface area contributed by atoms with Gasteiger partial charge in [0.2, 0.25) is 5.91 Å². The summed E-state index contributed by atoms with van der Waals surface area (Å²) in [6.07, 6.45) is 1.36. The van der Waals surface area contributed by atoms with Crippen LogP contribution in [0.25, 0.3) is 0 Å². The highest BCUT2D eigenvalue weighted by atomic mass is 79.9. The van der Waals surface area contributed by atoms with Crippen molar-refractivity contribution in [2.45, 2.75) is 31.4 Å². The van der Waals surface area contributed by atoms with E-state index in [0.29, 0.717) is 25.8 Å². The Labute approximate surface area is 138 Å². The minimum absolute atomic E-state index is 0.0503. The van der Waals surface area contributed by atoms with Crippen molar-refractivity contribution >= 4 is 27.8 Å². The number of carbonyl (C=O) groups excluding carboxylic acids is 2. The van der Waals surface area contributed by atoms with Gasteiger partial charge >= 0.3 is 5.97 Å². The fourth-order valence-electron chi connectivity index (χ4n) is 2.69. The van der Waals surface area contributed by atoms with Crippen molar-refractivity contribution in [3.05, 3.63) is 34.3 Å². The number of nitrogens with zero attached hydrogens (tertiary/aromatic N) is 1. The van der Waals surface area contributed by atoms with E-state index in [0.717, 1.165) is 10.0 Å². The molecule has 0 saturated carbocycles. The molecule has 1 aromatic rings. The molecule has 1 aromatic carbocycles. The largest absolute Gasteiger partial charge is 0.467 e. The Morgan fingerprint density at radius 1 is 1.32 bits per heavy atom. The van der Waals surface area contributed by atoms with Crippen LogP contribution in [0.3, 0.4) is 0 Å². The van der Waals surface area contributed by atoms with Crippen molar-refractivity contribution in [3.63, 3.8) is 0 Å². The molecule has 0 N–H and O–H groups in total. The van der Waals surface area contributed by atoms with E-state index in [1.165, 1.54) is 7.11 Å². The maximum Gasteiger partial charge on any atom is 0.328 e. The van der Waals surface area contributed by atoms with Crippen LogP contribution in [0.15, 0.2) is 28.7 Å². The van der Waals surface area contributed by atoms with E-state index in [2.05, 4.69) is 15.9 Å². The molecule has 120 valence electrons. The SMILES string of the molecule is COC(=O)C1CC(OC)CN1C(=O)CCc1ccccc1Br. The first kappa shape index (κ1) is 17.0. The molecule has 0 radical (unpaired) electrons. The average molecular weight is 370 g/mol. The Balaban J connectivity index is 2.01. The van der Waals surface area contributed by atoms with Crippen LogP contribution in [-0.4, -0.2) is 49.7 Å². The predicted octanol–water partition coefficient (Wildman–Crippen LogP) is 2.17. The number of carbonyl (C=O) groups is 2. The Hall–Kier alpha value is -1.40. The first-order valence-electron chi connectivity index (χ1n) is 7.20. The second-order valence-electron chi connectivity index (χ2n) is 5.27. The lowest BCUT2D eigenvalue weighted by Gasteiger charge is -2.22. The van der Waals surface area contributed by atoms with E-state index in [-0.39, 0.29) is 18.0 Å². The molecule has 1 heterocycles. The van der Waals surface area contributed by atoms with Crippen molar-refractivity contribution < 1.29 is 19.1 Å². The van der Waals surface area contributed by atoms with Gasteiger partial charge in [-0.25, -0.2) is 4.79 Å². The third-order valence-electron chi connectivity index (χ3n) is 3.96. The first-order valence-corrected chi connectivity index (χ1v) is 7.99. The summed E-state index contributed by atoms with van der Waals surface area (Å²) in [6.45, 7) is 0.436. The van der Waals surface area contributed by atoms with Crippen molar-refractivity contribution in [2.75, 3.05) is 20.8 Å². The third kappa shape index (κ3) is 3.87. The number of methoxy groups -OCH3 is 2. The van der Waals surface area contributed by atoms with Gasteiger partial charge in [-0.05, 0) is 18.1 Å². The number of halogens is 1. The molecule has 2 unspecified atom stereocenters. The second-order valence-corrected chi connectivity index (χ2v) is 6.12. The number of hydrogen-bond acceptors (Lipinski definition) is 4. The molecule has 5 nitrogen and oxygen atoms in total. The lowest BCUT2D eigenvalue weighted by Crippen LogP contribution is -2.41. The van der Waals surface area contributed by atoms with Crippen molar-refractivity contribution in [2.24, 2.45) is 0 Å². The minimum Gasteiger partial charge on any atom is -0.467 e. The molecule has 2 atom stereocenters. The molecule has 0 bridgehead atoms. The van der Waals surface area contributed by atoms with Crippen LogP contribution >= 0.6 is 15.9 Å². The van der Waals surface area contributed by atoms with Crippen LogP contribution in [0.5, 0.6) is 0 Å². The molecule has 0 aromatic heterocycles. The van der Waals surface area contributed by atoms with Gasteiger partial charge in [0.1, 0.15) is 6.04 Å². The van der Waals surface area contributed by atoms with Crippen LogP contribution < -0.4 is 0 Å². The summed E-state index contributed by atoms with van der Waals surface area (Å²) in [5, 5.41) is 0. The number of amides is 1. The van der Waals surface area contributed by atoms with Gasteiger partial charge in [0, 0.05) is 31.0 Å². The van der Waals surface area contributed by atoms with Crippen LogP contribution in [-0.2, 0) is 25.5 Å². The number of ether oxygens (including phenoxy) is 2. The second kappa shape index (κ2) is 7.74. The minimum atomic E-state index is -0.540. The maximum absolute atomic E-state index is 12.5. The standard InChI is InChI=1S/C16H20BrNO4/c1-21-12-9-14(16(20)22-2)18(10-12)15(19)8-7-11-5-3-4-6-13(11)17/h3-6,12,14H,7-10H2,1-2H3.